The van der Waals surface area contributed by atoms with Crippen molar-refractivity contribution in [2.45, 2.75) is 103 Å². The van der Waals surface area contributed by atoms with Crippen LogP contribution >= 0.6 is 42.4 Å². The zero-order valence-electron chi connectivity index (χ0n) is 50.1. The van der Waals surface area contributed by atoms with Crippen LogP contribution in [0.1, 0.15) is 81.4 Å². The number of rotatable bonds is 20. The topological polar surface area (TPSA) is 271 Å². The van der Waals surface area contributed by atoms with Gasteiger partial charge in [-0.3, -0.25) is 29.1 Å². The van der Waals surface area contributed by atoms with E-state index in [0.29, 0.717) is 62.1 Å². The summed E-state index contributed by atoms with van der Waals surface area (Å²) in [5.74, 6) is -0.634. The van der Waals surface area contributed by atoms with Gasteiger partial charge in [-0.1, -0.05) is 67.4 Å². The molecule has 0 aliphatic carbocycles. The van der Waals surface area contributed by atoms with E-state index in [1.807, 2.05) is 62.5 Å². The number of halogens is 6. The third-order valence-electron chi connectivity index (χ3n) is 12.0. The number of amides is 2. The highest BCUT2D eigenvalue weighted by molar-refractivity contribution is 7.94. The van der Waals surface area contributed by atoms with Crippen LogP contribution in [0, 0.1) is 6.92 Å². The highest BCUT2D eigenvalue weighted by Crippen LogP contribution is 2.37. The second-order valence-corrected chi connectivity index (χ2v) is 25.1. The number of hydrogen-bond acceptors (Lipinski definition) is 15. The van der Waals surface area contributed by atoms with Crippen molar-refractivity contribution in [1.29, 1.82) is 0 Å². The molecule has 4 unspecified atom stereocenters. The first kappa shape index (κ1) is 76.2. The fourth-order valence-corrected chi connectivity index (χ4v) is 8.75. The van der Waals surface area contributed by atoms with Crippen molar-refractivity contribution in [3.8, 4) is 17.2 Å². The molecule has 478 valence electrons. The number of nitrogens with one attached hydrogen (secondary N) is 1. The fourth-order valence-electron chi connectivity index (χ4n) is 8.00. The Labute approximate surface area is 516 Å². The molecular weight excluding hydrogens is 1240 g/mol. The van der Waals surface area contributed by atoms with Crippen LogP contribution in [0.2, 0.25) is 0 Å². The van der Waals surface area contributed by atoms with Crippen LogP contribution in [0.25, 0.3) is 5.69 Å². The Morgan fingerprint density at radius 2 is 1.59 bits per heavy atom. The van der Waals surface area contributed by atoms with Crippen molar-refractivity contribution < 1.29 is 79.9 Å². The Hall–Kier alpha value is -5.86. The summed E-state index contributed by atoms with van der Waals surface area (Å²) in [7, 11) is 0.148. The summed E-state index contributed by atoms with van der Waals surface area (Å²) in [5, 5.41) is 9.97. The van der Waals surface area contributed by atoms with E-state index in [1.165, 1.54) is 36.3 Å². The molecule has 2 aromatic heterocycles. The monoisotopic (exact) mass is 1310 g/mol. The quantitative estimate of drug-likeness (QED) is 0.0287. The predicted octanol–water partition coefficient (Wildman–Crippen LogP) is 8.18. The van der Waals surface area contributed by atoms with Crippen molar-refractivity contribution in [3.63, 3.8) is 0 Å². The molecule has 0 radical (unpaired) electrons. The Morgan fingerprint density at radius 3 is 2.09 bits per heavy atom. The minimum absolute atomic E-state index is 0.0223. The number of ether oxygens (including phenoxy) is 5. The van der Waals surface area contributed by atoms with Crippen molar-refractivity contribution in [1.82, 2.24) is 19.4 Å². The van der Waals surface area contributed by atoms with Gasteiger partial charge in [-0.05, 0) is 118 Å². The molecule has 0 spiro atoms. The van der Waals surface area contributed by atoms with E-state index in [1.54, 1.807) is 45.1 Å². The zero-order valence-corrected chi connectivity index (χ0v) is 54.0. The molecule has 0 saturated carbocycles. The van der Waals surface area contributed by atoms with E-state index in [4.69, 9.17) is 72.9 Å². The van der Waals surface area contributed by atoms with Gasteiger partial charge in [0.05, 0.1) is 75.5 Å². The summed E-state index contributed by atoms with van der Waals surface area (Å²) in [6.07, 6.45) is 3.13. The van der Waals surface area contributed by atoms with Gasteiger partial charge in [0.15, 0.2) is 10.9 Å². The van der Waals surface area contributed by atoms with Gasteiger partial charge in [0.2, 0.25) is 5.91 Å². The second kappa shape index (κ2) is 35.8. The molecule has 3 heterocycles. The maximum atomic E-state index is 13.1. The highest BCUT2D eigenvalue weighted by Gasteiger charge is 2.45. The number of para-hydroxylation sites is 1. The molecule has 2 amide bonds. The van der Waals surface area contributed by atoms with Crippen LogP contribution in [-0.2, 0) is 81.5 Å². The number of esters is 1. The fraction of sp³-hybridized carbons (Fsp3) is 0.474. The predicted molar refractivity (Wildman–Crippen MR) is 324 cm³/mol. The normalized spacial score (nSPS) is 14.7. The molecule has 3 N–H and O–H groups in total. The number of aliphatic carboxylic acids is 1. The third-order valence-corrected chi connectivity index (χ3v) is 13.2. The maximum absolute atomic E-state index is 13.1. The van der Waals surface area contributed by atoms with E-state index in [9.17, 15) is 51.4 Å². The number of carboxylic acids is 1. The van der Waals surface area contributed by atoms with Crippen molar-refractivity contribution >= 4 is 82.7 Å². The van der Waals surface area contributed by atoms with Gasteiger partial charge < -0.3 is 57.4 Å². The summed E-state index contributed by atoms with van der Waals surface area (Å²) < 4.78 is 82.6. The average molecular weight is 1310 g/mol. The van der Waals surface area contributed by atoms with Crippen LogP contribution < -0.4 is 35.8 Å². The first-order valence-electron chi connectivity index (χ1n) is 26.3. The summed E-state index contributed by atoms with van der Waals surface area (Å²) in [5.41, 5.74) is 0.669. The van der Waals surface area contributed by atoms with Crippen LogP contribution in [-0.4, -0.2) is 135 Å². The van der Waals surface area contributed by atoms with Gasteiger partial charge in [-0.2, -0.15) is 13.2 Å². The number of methoxy groups -OCH3 is 2. The molecule has 6 rings (SSSR count). The zero-order chi connectivity index (χ0) is 65.4. The van der Waals surface area contributed by atoms with Crippen LogP contribution in [0.5, 0.6) is 11.5 Å². The van der Waals surface area contributed by atoms with E-state index >= 15 is 0 Å². The van der Waals surface area contributed by atoms with E-state index < -0.39 is 72.1 Å². The molecule has 29 heteroatoms. The number of benzene rings is 3. The summed E-state index contributed by atoms with van der Waals surface area (Å²) in [6.45, 7) is 13.7. The Kier molecular flexibility index (Phi) is 31.8. The van der Waals surface area contributed by atoms with E-state index in [0.717, 1.165) is 42.3 Å². The molecule has 3 aromatic carbocycles. The van der Waals surface area contributed by atoms with Gasteiger partial charge in [0, 0.05) is 25.8 Å². The number of aryl methyl sites for hydroxylation is 3. The molecule has 1 aliphatic rings. The average Bonchev–Trinajstić information content (AvgIpc) is 1.32. The molecular formula is C57H76Cl3F3N5O16PS. The van der Waals surface area contributed by atoms with Crippen molar-refractivity contribution in [2.24, 2.45) is 7.05 Å². The van der Waals surface area contributed by atoms with Crippen molar-refractivity contribution in [2.75, 3.05) is 69.7 Å². The number of furan rings is 1. The van der Waals surface area contributed by atoms with Gasteiger partial charge in [-0.25, -0.2) is 14.2 Å². The SMILES string of the molecule is CC1(C)OC(c2ccco2)CN1C(=O)C(Cl)Cl.CCc1ccc(COc2ccc(-n3c(=O)cc(C(F)(F)F)n(C)c3=O)cc2)c(OC(C)C(=O)OC)c1.CCc1cccc(C)c1N(C(=O)CCl)C(C)COC.C[S+](C)C.O=C(O)CNCP(=O)([O-])O. The van der Waals surface area contributed by atoms with Gasteiger partial charge in [0.25, 0.3) is 11.5 Å². The van der Waals surface area contributed by atoms with Crippen LogP contribution in [0.15, 0.2) is 99.1 Å². The molecule has 1 fully saturated rings. The lowest BCUT2D eigenvalue weighted by Crippen LogP contribution is -2.45. The van der Waals surface area contributed by atoms with Crippen LogP contribution in [0.4, 0.5) is 18.9 Å². The van der Waals surface area contributed by atoms with Crippen molar-refractivity contribution in [3.05, 3.63) is 140 Å². The Bertz CT molecular complexity index is 3140. The maximum Gasteiger partial charge on any atom is 0.431 e. The molecule has 5 aromatic rings. The van der Waals surface area contributed by atoms with Crippen LogP contribution in [0.3, 0.4) is 0 Å². The standard InChI is InChI=1S/C25H25F3N2O6.C15H22ClNO2.C11H13Cl2NO3.C3H8NO5P.C3H9S/c1-5-16-6-7-17(20(12-16)36-15(2)23(32)34-4)14-35-19-10-8-18(9-11-19)30-22(31)13-21(25(26,27)28)29(3)24(30)33;1-5-13-8-6-7-11(2)15(13)17(14(18)9-16)12(3)10-19-4;1-11(2)14(10(15)9(12)13)6-8(17-11)7-4-3-5-16-7;5-3(6)1-4-2-10(7,8)9;1-4(2)3/h6-13,15H,5,14H2,1-4H3;6-8,12H,5,9-10H2,1-4H3;3-5,8-9H,6H2,1-2H3;4H,1-2H2,(H,5,6)(H2,7,8,9);1-3H3/q;;;;+1/p-1. The van der Waals surface area contributed by atoms with E-state index in [2.05, 4.69) is 31.8 Å². The lowest BCUT2D eigenvalue weighted by atomic mass is 10.0. The van der Waals surface area contributed by atoms with Gasteiger partial charge in [0.1, 0.15) is 54.9 Å². The molecule has 1 saturated heterocycles. The number of alkyl halides is 6. The third kappa shape index (κ3) is 24.4. The molecule has 4 atom stereocenters. The Morgan fingerprint density at radius 1 is 0.965 bits per heavy atom. The van der Waals surface area contributed by atoms with E-state index in [-0.39, 0.29) is 42.1 Å². The minimum atomic E-state index is -4.84. The smallest absolute Gasteiger partial charge is 0.431 e. The molecule has 0 bridgehead atoms. The number of nitrogens with zero attached hydrogens (tertiary/aromatic N) is 4. The molecule has 1 aliphatic heterocycles. The van der Waals surface area contributed by atoms with Gasteiger partial charge in [-0.15, -0.1) is 11.6 Å². The van der Waals surface area contributed by atoms with Gasteiger partial charge >= 0.3 is 23.8 Å². The molecule has 86 heavy (non-hydrogen) atoms. The lowest BCUT2D eigenvalue weighted by molar-refractivity contribution is -0.193. The number of carbonyl (C=O) groups is 4. The lowest BCUT2D eigenvalue weighted by Gasteiger charge is -2.31. The molecule has 21 nitrogen and oxygen atoms in total. The first-order chi connectivity index (χ1) is 40.1. The number of aromatic nitrogens is 2. The number of anilines is 1. The summed E-state index contributed by atoms with van der Waals surface area (Å²) >= 11 is 17.0. The second-order valence-electron chi connectivity index (χ2n) is 19.7. The summed E-state index contributed by atoms with van der Waals surface area (Å²) in [4.78, 5) is 90.5. The minimum Gasteiger partial charge on any atom is -0.778 e. The number of carboxylic acid groups (broad SMARTS) is 1. The Balaban J connectivity index is 0.000000423. The summed E-state index contributed by atoms with van der Waals surface area (Å²) in [6, 6.07) is 21.3. The highest BCUT2D eigenvalue weighted by atomic mass is 35.5. The largest absolute Gasteiger partial charge is 0.778 e. The number of hydrogen-bond donors (Lipinski definition) is 3. The number of carbonyl (C=O) groups excluding carboxylic acids is 3. The first-order valence-corrected chi connectivity index (χ1v) is 31.9.